The third-order valence-corrected chi connectivity index (χ3v) is 19.9. The second-order valence-corrected chi connectivity index (χ2v) is 25.3. The fourth-order valence-corrected chi connectivity index (χ4v) is 21.3. The molecule has 0 bridgehead atoms. The number of rotatable bonds is 5. The van der Waals surface area contributed by atoms with E-state index in [-0.39, 0.29) is 5.04 Å². The van der Waals surface area contributed by atoms with Crippen LogP contribution in [0.2, 0.25) is 20.7 Å². The van der Waals surface area contributed by atoms with Crippen LogP contribution >= 0.6 is 0 Å². The first-order valence-corrected chi connectivity index (χ1v) is 21.7. The van der Waals surface area contributed by atoms with E-state index in [1.807, 2.05) is 0 Å². The van der Waals surface area contributed by atoms with Crippen molar-refractivity contribution in [2.45, 2.75) is 90.0 Å². The van der Waals surface area contributed by atoms with Gasteiger partial charge in [-0.2, -0.15) is 0 Å². The maximum atomic E-state index is 2.66. The quantitative estimate of drug-likeness (QED) is 0.218. The van der Waals surface area contributed by atoms with Crippen molar-refractivity contribution >= 4 is 23.6 Å². The van der Waals surface area contributed by atoms with Crippen LogP contribution in [-0.2, 0) is 16.6 Å². The van der Waals surface area contributed by atoms with Gasteiger partial charge in [-0.05, 0) is 0 Å². The molecule has 1 unspecified atom stereocenters. The van der Waals surface area contributed by atoms with Crippen molar-refractivity contribution in [3.05, 3.63) is 109 Å². The predicted octanol–water partition coefficient (Wildman–Crippen LogP) is 8.69. The average Bonchev–Trinajstić information content (AvgIpc) is 3.02. The van der Waals surface area contributed by atoms with Gasteiger partial charge < -0.3 is 0 Å². The van der Waals surface area contributed by atoms with Crippen molar-refractivity contribution in [1.82, 2.24) is 0 Å². The van der Waals surface area contributed by atoms with Gasteiger partial charge in [0.2, 0.25) is 0 Å². The van der Waals surface area contributed by atoms with E-state index in [1.165, 1.54) is 44.1 Å². The van der Waals surface area contributed by atoms with Crippen LogP contribution in [0.3, 0.4) is 0 Å². The molecule has 3 aromatic carbocycles. The monoisotopic (exact) mass is 556 g/mol. The van der Waals surface area contributed by atoms with Gasteiger partial charge in [0.25, 0.3) is 0 Å². The molecule has 4 rings (SSSR count). The van der Waals surface area contributed by atoms with Crippen LogP contribution in [0.5, 0.6) is 0 Å². The zero-order valence-electron chi connectivity index (χ0n) is 26.2. The molecule has 2 heteroatoms. The van der Waals surface area contributed by atoms with Crippen LogP contribution in [0.4, 0.5) is 0 Å². The van der Waals surface area contributed by atoms with E-state index in [0.717, 1.165) is 0 Å². The summed E-state index contributed by atoms with van der Waals surface area (Å²) in [6.45, 7) is 23.8. The Labute approximate surface area is 237 Å². The molecule has 0 heterocycles. The molecule has 0 fully saturated rings. The van der Waals surface area contributed by atoms with Crippen molar-refractivity contribution in [3.63, 3.8) is 0 Å². The standard InChI is InChI=1S/C33H39Si.3CH3.Ti/c1-21-16-31(17-22(2)26(21)6)34(30-14-12-11-13-15-30,32-18-23(3)27(7)24(4)19-32)33(10)20-25(5)28(8)29(33)9;;;;/h11-19H,1-10H3;3*1H3;. The van der Waals surface area contributed by atoms with E-state index >= 15 is 0 Å². The molecule has 0 amide bonds. The Balaban J connectivity index is 2.37. The van der Waals surface area contributed by atoms with Gasteiger partial charge in [0.1, 0.15) is 0 Å². The molecule has 38 heavy (non-hydrogen) atoms. The summed E-state index contributed by atoms with van der Waals surface area (Å²) >= 11 is -2.33. The Kier molecular flexibility index (Phi) is 7.59. The van der Waals surface area contributed by atoms with Crippen molar-refractivity contribution in [2.24, 2.45) is 0 Å². The summed E-state index contributed by atoms with van der Waals surface area (Å²) in [7, 11) is -2.67. The molecule has 1 atom stereocenters. The van der Waals surface area contributed by atoms with Crippen LogP contribution in [0.1, 0.15) is 61.1 Å². The molecule has 0 N–H and O–H groups in total. The molecule has 0 spiro atoms. The van der Waals surface area contributed by atoms with E-state index in [4.69, 9.17) is 0 Å². The normalized spacial score (nSPS) is 18.6. The molecule has 0 aliphatic heterocycles. The van der Waals surface area contributed by atoms with E-state index in [1.54, 1.807) is 25.4 Å². The minimum absolute atomic E-state index is 0.0386. The number of allylic oxidation sites excluding steroid dienone is 4. The molecule has 200 valence electrons. The fourth-order valence-electron chi connectivity index (χ4n) is 7.75. The van der Waals surface area contributed by atoms with Gasteiger partial charge in [-0.15, -0.1) is 0 Å². The van der Waals surface area contributed by atoms with Crippen LogP contribution < -0.4 is 15.6 Å². The van der Waals surface area contributed by atoms with Crippen molar-refractivity contribution in [2.75, 3.05) is 0 Å². The molecule has 3 aromatic rings. The Morgan fingerprint density at radius 2 is 0.947 bits per heavy atom. The molecular formula is C36H48SiTi. The molecular weight excluding hydrogens is 508 g/mol. The Morgan fingerprint density at radius 3 is 1.32 bits per heavy atom. The molecule has 1 aliphatic rings. The zero-order chi connectivity index (χ0) is 28.4. The zero-order valence-corrected chi connectivity index (χ0v) is 28.8. The topological polar surface area (TPSA) is 0 Å². The van der Waals surface area contributed by atoms with Crippen molar-refractivity contribution in [3.8, 4) is 0 Å². The Hall–Kier alpha value is -1.93. The summed E-state index contributed by atoms with van der Waals surface area (Å²) in [5.41, 5.74) is 13.2. The van der Waals surface area contributed by atoms with Gasteiger partial charge in [-0.1, -0.05) is 0 Å². The Morgan fingerprint density at radius 1 is 0.553 bits per heavy atom. The van der Waals surface area contributed by atoms with E-state index in [0.29, 0.717) is 0 Å². The molecule has 0 saturated carbocycles. The van der Waals surface area contributed by atoms with Gasteiger partial charge in [-0.3, -0.25) is 0 Å². The molecule has 0 aromatic heterocycles. The number of hydrogen-bond acceptors (Lipinski definition) is 0. The number of benzene rings is 3. The van der Waals surface area contributed by atoms with Gasteiger partial charge in [0.05, 0.1) is 0 Å². The second-order valence-electron chi connectivity index (χ2n) is 13.2. The summed E-state index contributed by atoms with van der Waals surface area (Å²) in [4.78, 5) is 0. The first-order chi connectivity index (χ1) is 17.6. The summed E-state index contributed by atoms with van der Waals surface area (Å²) in [5.74, 6) is 0. The van der Waals surface area contributed by atoms with Gasteiger partial charge in [0, 0.05) is 0 Å². The fraction of sp³-hybridized carbons (Fsp3) is 0.389. The van der Waals surface area contributed by atoms with Crippen molar-refractivity contribution < 1.29 is 16.6 Å². The third-order valence-electron chi connectivity index (χ3n) is 10.2. The summed E-state index contributed by atoms with van der Waals surface area (Å²) < 4.78 is 1.80. The van der Waals surface area contributed by atoms with E-state index in [9.17, 15) is 0 Å². The molecule has 0 radical (unpaired) electrons. The first-order valence-electron chi connectivity index (χ1n) is 14.2. The molecule has 0 saturated heterocycles. The SMILES string of the molecule is CC1=C(C)C(C)([Si](c2ccccc2)(c2cc(C)c(C)c(C)c2)c2cc(C)c(C)c(C)c2)[C]([Ti]([CH3])([CH3])[CH3])=C1C. The second kappa shape index (κ2) is 9.92. The minimum atomic E-state index is -2.67. The van der Waals surface area contributed by atoms with Crippen LogP contribution in [0.15, 0.2) is 75.2 Å². The van der Waals surface area contributed by atoms with Crippen LogP contribution in [0.25, 0.3) is 0 Å². The van der Waals surface area contributed by atoms with Gasteiger partial charge in [0.15, 0.2) is 0 Å². The average molecular weight is 557 g/mol. The third kappa shape index (κ3) is 4.12. The van der Waals surface area contributed by atoms with E-state index in [2.05, 4.69) is 140 Å². The molecule has 1 aliphatic carbocycles. The van der Waals surface area contributed by atoms with Crippen LogP contribution in [-0.4, -0.2) is 8.07 Å². The summed E-state index contributed by atoms with van der Waals surface area (Å²) in [6, 6.07) is 21.9. The Bertz CT molecular complexity index is 1380. The van der Waals surface area contributed by atoms with Crippen molar-refractivity contribution in [1.29, 1.82) is 0 Å². The molecule has 0 nitrogen and oxygen atoms in total. The van der Waals surface area contributed by atoms with Gasteiger partial charge in [-0.25, -0.2) is 0 Å². The number of hydrogen-bond donors (Lipinski definition) is 0. The first kappa shape index (κ1) is 29.1. The predicted molar refractivity (Wildman–Crippen MR) is 169 cm³/mol. The summed E-state index contributed by atoms with van der Waals surface area (Å²) in [5, 5.41) is 12.4. The maximum absolute atomic E-state index is 2.67. The summed E-state index contributed by atoms with van der Waals surface area (Å²) in [6.07, 6.45) is 0. The van der Waals surface area contributed by atoms with E-state index < -0.39 is 24.7 Å². The van der Waals surface area contributed by atoms with Gasteiger partial charge >= 0.3 is 239 Å². The van der Waals surface area contributed by atoms with Crippen LogP contribution in [0, 0.1) is 41.5 Å². The number of aryl methyl sites for hydroxylation is 4.